The molecule has 39 heavy (non-hydrogen) atoms. The first-order valence-corrected chi connectivity index (χ1v) is 13.0. The van der Waals surface area contributed by atoms with Crippen LogP contribution in [-0.2, 0) is 9.53 Å². The van der Waals surface area contributed by atoms with Gasteiger partial charge in [-0.15, -0.1) is 0 Å². The van der Waals surface area contributed by atoms with Crippen LogP contribution in [0.4, 0.5) is 26.0 Å². The van der Waals surface area contributed by atoms with Crippen molar-refractivity contribution in [1.29, 1.82) is 0 Å². The zero-order valence-electron chi connectivity index (χ0n) is 21.4. The molecule has 2 heterocycles. The van der Waals surface area contributed by atoms with Crippen LogP contribution in [0.3, 0.4) is 0 Å². The molecule has 1 aliphatic carbocycles. The molecule has 10 heteroatoms. The molecule has 1 aromatic heterocycles. The van der Waals surface area contributed by atoms with E-state index < -0.39 is 35.3 Å². The van der Waals surface area contributed by atoms with E-state index in [1.807, 2.05) is 30.3 Å². The van der Waals surface area contributed by atoms with Crippen molar-refractivity contribution in [3.8, 4) is 0 Å². The van der Waals surface area contributed by atoms with Crippen LogP contribution in [-0.4, -0.2) is 34.7 Å². The number of fused-ring (bicyclic) bond motifs is 1. The van der Waals surface area contributed by atoms with Gasteiger partial charge in [-0.25, -0.2) is 18.6 Å². The number of aromatic nitrogens is 1. The molecule has 2 aliphatic rings. The molecule has 2 atom stereocenters. The van der Waals surface area contributed by atoms with E-state index in [-0.39, 0.29) is 23.2 Å². The van der Waals surface area contributed by atoms with Gasteiger partial charge in [-0.2, -0.15) is 0 Å². The summed E-state index contributed by atoms with van der Waals surface area (Å²) in [4.78, 5) is 29.6. The highest BCUT2D eigenvalue weighted by Crippen LogP contribution is 2.50. The van der Waals surface area contributed by atoms with Crippen LogP contribution in [0.1, 0.15) is 54.1 Å². The molecule has 204 valence electrons. The number of halogens is 2. The van der Waals surface area contributed by atoms with Gasteiger partial charge in [0.2, 0.25) is 5.91 Å². The maximum Gasteiger partial charge on any atom is 0.337 e. The minimum absolute atomic E-state index is 0.00421. The van der Waals surface area contributed by atoms with Gasteiger partial charge in [-0.3, -0.25) is 4.79 Å². The highest BCUT2D eigenvalue weighted by atomic mass is 19.2. The lowest BCUT2D eigenvalue weighted by Crippen LogP contribution is -2.60. The van der Waals surface area contributed by atoms with Gasteiger partial charge in [0.15, 0.2) is 17.3 Å². The Hall–Kier alpha value is -4.05. The number of carbonyl (C=O) groups is 2. The Morgan fingerprint density at radius 3 is 2.21 bits per heavy atom. The number of amides is 1. The molecule has 1 unspecified atom stereocenters. The van der Waals surface area contributed by atoms with Crippen molar-refractivity contribution < 1.29 is 28.2 Å². The predicted molar refractivity (Wildman–Crippen MR) is 142 cm³/mol. The molecule has 4 N–H and O–H groups in total. The number of benzene rings is 2. The fourth-order valence-electron chi connectivity index (χ4n) is 5.95. The van der Waals surface area contributed by atoms with Crippen molar-refractivity contribution in [2.45, 2.75) is 43.9 Å². The van der Waals surface area contributed by atoms with Crippen molar-refractivity contribution in [3.63, 3.8) is 0 Å². The van der Waals surface area contributed by atoms with Crippen LogP contribution in [0.15, 0.2) is 60.8 Å². The molecule has 0 saturated heterocycles. The highest BCUT2D eigenvalue weighted by molar-refractivity contribution is 5.95. The molecule has 1 saturated carbocycles. The van der Waals surface area contributed by atoms with E-state index in [0.717, 1.165) is 49.8 Å². The molecule has 8 nitrogen and oxygen atoms in total. The van der Waals surface area contributed by atoms with E-state index in [2.05, 4.69) is 20.9 Å². The SMILES string of the molecule is COC(c1ccccc1)C1([C@H](C(=O)Nc2ccc(C(=O)O)cn2)C2CCCCC2)Nc2cc(F)c(F)cc2N1. The van der Waals surface area contributed by atoms with Crippen LogP contribution in [0.5, 0.6) is 0 Å². The lowest BCUT2D eigenvalue weighted by molar-refractivity contribution is -0.126. The van der Waals surface area contributed by atoms with E-state index >= 15 is 0 Å². The number of anilines is 3. The third-order valence-electron chi connectivity index (χ3n) is 7.65. The lowest BCUT2D eigenvalue weighted by atomic mass is 9.70. The largest absolute Gasteiger partial charge is 0.478 e. The van der Waals surface area contributed by atoms with Gasteiger partial charge in [0.05, 0.1) is 22.9 Å². The number of carboxylic acids is 1. The summed E-state index contributed by atoms with van der Waals surface area (Å²) >= 11 is 0. The number of aromatic carboxylic acids is 1. The van der Waals surface area contributed by atoms with Crippen molar-refractivity contribution in [1.82, 2.24) is 4.98 Å². The smallest absolute Gasteiger partial charge is 0.337 e. The van der Waals surface area contributed by atoms with Gasteiger partial charge < -0.3 is 25.8 Å². The van der Waals surface area contributed by atoms with Crippen LogP contribution in [0.2, 0.25) is 0 Å². The van der Waals surface area contributed by atoms with E-state index in [0.29, 0.717) is 11.4 Å². The summed E-state index contributed by atoms with van der Waals surface area (Å²) in [6, 6.07) is 14.3. The van der Waals surface area contributed by atoms with Crippen molar-refractivity contribution in [2.75, 3.05) is 23.1 Å². The van der Waals surface area contributed by atoms with Crippen LogP contribution in [0, 0.1) is 23.5 Å². The number of nitrogens with zero attached hydrogens (tertiary/aromatic N) is 1. The number of rotatable bonds is 8. The average molecular weight is 537 g/mol. The van der Waals surface area contributed by atoms with E-state index in [9.17, 15) is 23.5 Å². The molecule has 1 fully saturated rings. The predicted octanol–water partition coefficient (Wildman–Crippen LogP) is 5.81. The number of nitrogens with one attached hydrogen (secondary N) is 3. The molecule has 0 spiro atoms. The number of ether oxygens (including phenoxy) is 1. The number of pyridine rings is 1. The molecule has 0 bridgehead atoms. The number of hydrogen-bond acceptors (Lipinski definition) is 6. The standard InChI is InChI=1S/C29H30F2N4O4/c1-39-26(18-10-6-3-7-11-18)29(34-22-14-20(30)21(31)15-23(22)35-29)25(17-8-4-2-5-9-17)27(36)33-24-13-12-19(16-32-24)28(37)38/h3,6-7,10-17,25-26,34-35H,2,4-5,8-9H2,1H3,(H,37,38)(H,32,33,36)/t25-,26?/m0/s1. The third-order valence-corrected chi connectivity index (χ3v) is 7.65. The molecule has 2 aromatic carbocycles. The minimum Gasteiger partial charge on any atom is -0.478 e. The van der Waals surface area contributed by atoms with Gasteiger partial charge >= 0.3 is 5.97 Å². The van der Waals surface area contributed by atoms with Gasteiger partial charge in [-0.1, -0.05) is 49.6 Å². The lowest BCUT2D eigenvalue weighted by Gasteiger charge is -2.46. The molecule has 5 rings (SSSR count). The average Bonchev–Trinajstić information content (AvgIpc) is 3.28. The second-order valence-electron chi connectivity index (χ2n) is 10.1. The summed E-state index contributed by atoms with van der Waals surface area (Å²) in [6.07, 6.45) is 4.93. The maximum absolute atomic E-state index is 14.3. The van der Waals surface area contributed by atoms with E-state index in [1.54, 1.807) is 0 Å². The zero-order valence-corrected chi connectivity index (χ0v) is 21.4. The molecule has 0 radical (unpaired) electrons. The maximum atomic E-state index is 14.3. The van der Waals surface area contributed by atoms with E-state index in [1.165, 1.54) is 25.4 Å². The summed E-state index contributed by atoms with van der Waals surface area (Å²) in [5.74, 6) is -4.18. The fourth-order valence-corrected chi connectivity index (χ4v) is 5.95. The van der Waals surface area contributed by atoms with Crippen molar-refractivity contribution in [2.24, 2.45) is 11.8 Å². The Morgan fingerprint density at radius 2 is 1.67 bits per heavy atom. The van der Waals surface area contributed by atoms with Crippen molar-refractivity contribution >= 4 is 29.1 Å². The van der Waals surface area contributed by atoms with Gasteiger partial charge in [0, 0.05) is 25.4 Å². The van der Waals surface area contributed by atoms with Crippen LogP contribution < -0.4 is 16.0 Å². The quantitative estimate of drug-likeness (QED) is 0.287. The summed E-state index contributed by atoms with van der Waals surface area (Å²) < 4.78 is 34.7. The topological polar surface area (TPSA) is 113 Å². The Morgan fingerprint density at radius 1 is 1.03 bits per heavy atom. The Balaban J connectivity index is 1.61. The fraction of sp³-hybridized carbons (Fsp3) is 0.345. The van der Waals surface area contributed by atoms with Gasteiger partial charge in [0.1, 0.15) is 11.9 Å². The summed E-state index contributed by atoms with van der Waals surface area (Å²) in [5.41, 5.74) is 0.0989. The summed E-state index contributed by atoms with van der Waals surface area (Å²) in [6.45, 7) is 0. The minimum atomic E-state index is -1.31. The molecule has 3 aromatic rings. The van der Waals surface area contributed by atoms with Gasteiger partial charge in [0.25, 0.3) is 0 Å². The third kappa shape index (κ3) is 5.16. The van der Waals surface area contributed by atoms with Crippen molar-refractivity contribution in [3.05, 3.63) is 83.6 Å². The number of methoxy groups -OCH3 is 1. The summed E-state index contributed by atoms with van der Waals surface area (Å²) in [7, 11) is 1.54. The second-order valence-corrected chi connectivity index (χ2v) is 10.1. The Bertz CT molecular complexity index is 1320. The Kier molecular flexibility index (Phi) is 7.47. The summed E-state index contributed by atoms with van der Waals surface area (Å²) in [5, 5.41) is 18.8. The number of carboxylic acid groups (broad SMARTS) is 1. The highest BCUT2D eigenvalue weighted by Gasteiger charge is 2.56. The first-order chi connectivity index (χ1) is 18.8. The monoisotopic (exact) mass is 536 g/mol. The number of hydrogen-bond donors (Lipinski definition) is 4. The Labute approximate surface area is 224 Å². The van der Waals surface area contributed by atoms with Crippen LogP contribution >= 0.6 is 0 Å². The normalized spacial score (nSPS) is 17.8. The molecule has 1 amide bonds. The first kappa shape index (κ1) is 26.6. The van der Waals surface area contributed by atoms with E-state index in [4.69, 9.17) is 4.74 Å². The molecule has 1 aliphatic heterocycles. The van der Waals surface area contributed by atoms with Crippen LogP contribution in [0.25, 0.3) is 0 Å². The zero-order chi connectivity index (χ0) is 27.6. The molecular formula is C29H30F2N4O4. The molecular weight excluding hydrogens is 506 g/mol. The second kappa shape index (κ2) is 11.0. The number of carbonyl (C=O) groups excluding carboxylic acids is 1. The van der Waals surface area contributed by atoms with Gasteiger partial charge in [-0.05, 0) is 36.5 Å². The first-order valence-electron chi connectivity index (χ1n) is 13.0.